The van der Waals surface area contributed by atoms with E-state index in [2.05, 4.69) is 22.2 Å². The van der Waals surface area contributed by atoms with E-state index in [-0.39, 0.29) is 5.91 Å². The number of benzene rings is 1. The first-order valence-corrected chi connectivity index (χ1v) is 7.86. The van der Waals surface area contributed by atoms with Crippen LogP contribution in [0.2, 0.25) is 0 Å². The van der Waals surface area contributed by atoms with Crippen molar-refractivity contribution in [3.63, 3.8) is 0 Å². The summed E-state index contributed by atoms with van der Waals surface area (Å²) < 4.78 is 1.88. The summed E-state index contributed by atoms with van der Waals surface area (Å²) >= 11 is 0. The highest BCUT2D eigenvalue weighted by molar-refractivity contribution is 5.92. The summed E-state index contributed by atoms with van der Waals surface area (Å²) in [5, 5.41) is 4.37. The fourth-order valence-electron chi connectivity index (χ4n) is 2.55. The van der Waals surface area contributed by atoms with Crippen LogP contribution in [0, 0.1) is 6.92 Å². The molecule has 0 atom stereocenters. The molecule has 0 fully saturated rings. The number of carbonyl (C=O) groups is 1. The molecule has 0 saturated carbocycles. The molecule has 0 radical (unpaired) electrons. The minimum atomic E-state index is -0.0884. The van der Waals surface area contributed by atoms with Gasteiger partial charge in [-0.3, -0.25) is 9.48 Å². The molecule has 0 unspecified atom stereocenters. The number of amides is 1. The largest absolute Gasteiger partial charge is 0.336 e. The van der Waals surface area contributed by atoms with Gasteiger partial charge in [0.05, 0.1) is 12.7 Å². The predicted molar refractivity (Wildman–Crippen MR) is 92.5 cm³/mol. The van der Waals surface area contributed by atoms with Gasteiger partial charge in [0.2, 0.25) is 0 Å². The second kappa shape index (κ2) is 7.08. The SMILES string of the molecule is Cc1cccc(C(=O)N(C)Cc2cnn(Cc3ccccc3)c2)n1. The van der Waals surface area contributed by atoms with Crippen molar-refractivity contribution in [2.45, 2.75) is 20.0 Å². The Kier molecular flexibility index (Phi) is 4.70. The monoisotopic (exact) mass is 320 g/mol. The maximum Gasteiger partial charge on any atom is 0.272 e. The Morgan fingerprint density at radius 1 is 1.08 bits per heavy atom. The number of hydrogen-bond acceptors (Lipinski definition) is 3. The molecule has 2 heterocycles. The van der Waals surface area contributed by atoms with Gasteiger partial charge in [-0.25, -0.2) is 4.98 Å². The predicted octanol–water partition coefficient (Wildman–Crippen LogP) is 2.91. The van der Waals surface area contributed by atoms with Gasteiger partial charge < -0.3 is 4.90 Å². The lowest BCUT2D eigenvalue weighted by atomic mass is 10.2. The van der Waals surface area contributed by atoms with Gasteiger partial charge in [0.25, 0.3) is 5.91 Å². The first-order valence-electron chi connectivity index (χ1n) is 7.86. The molecule has 0 aliphatic carbocycles. The van der Waals surface area contributed by atoms with E-state index in [1.807, 2.05) is 48.1 Å². The maximum atomic E-state index is 12.4. The van der Waals surface area contributed by atoms with Crippen molar-refractivity contribution in [1.82, 2.24) is 19.7 Å². The van der Waals surface area contributed by atoms with Crippen molar-refractivity contribution >= 4 is 5.91 Å². The minimum Gasteiger partial charge on any atom is -0.336 e. The maximum absolute atomic E-state index is 12.4. The third kappa shape index (κ3) is 3.87. The highest BCUT2D eigenvalue weighted by Gasteiger charge is 2.14. The molecular formula is C19H20N4O. The Balaban J connectivity index is 1.64. The normalized spacial score (nSPS) is 10.6. The smallest absolute Gasteiger partial charge is 0.272 e. The summed E-state index contributed by atoms with van der Waals surface area (Å²) in [6, 6.07) is 15.6. The Morgan fingerprint density at radius 3 is 2.62 bits per heavy atom. The van der Waals surface area contributed by atoms with Crippen molar-refractivity contribution in [2.24, 2.45) is 0 Å². The number of nitrogens with zero attached hydrogens (tertiary/aromatic N) is 4. The van der Waals surface area contributed by atoms with E-state index >= 15 is 0 Å². The van der Waals surface area contributed by atoms with E-state index in [4.69, 9.17) is 0 Å². The molecule has 1 aromatic carbocycles. The lowest BCUT2D eigenvalue weighted by molar-refractivity contribution is 0.0779. The second-order valence-electron chi connectivity index (χ2n) is 5.86. The average Bonchev–Trinajstić information content (AvgIpc) is 3.02. The van der Waals surface area contributed by atoms with Gasteiger partial charge in [0, 0.05) is 31.0 Å². The van der Waals surface area contributed by atoms with Crippen LogP contribution in [0.3, 0.4) is 0 Å². The highest BCUT2D eigenvalue weighted by atomic mass is 16.2. The molecule has 0 bridgehead atoms. The zero-order chi connectivity index (χ0) is 16.9. The summed E-state index contributed by atoms with van der Waals surface area (Å²) in [6.45, 7) is 3.10. The van der Waals surface area contributed by atoms with Crippen molar-refractivity contribution in [1.29, 1.82) is 0 Å². The molecule has 0 saturated heterocycles. The van der Waals surface area contributed by atoms with Gasteiger partial charge in [-0.05, 0) is 24.6 Å². The van der Waals surface area contributed by atoms with Crippen LogP contribution in [0.5, 0.6) is 0 Å². The Hall–Kier alpha value is -2.95. The lowest BCUT2D eigenvalue weighted by Gasteiger charge is -2.15. The van der Waals surface area contributed by atoms with Crippen LogP contribution in [0.25, 0.3) is 0 Å². The summed E-state index contributed by atoms with van der Waals surface area (Å²) in [7, 11) is 1.78. The molecular weight excluding hydrogens is 300 g/mol. The molecule has 0 aliphatic heterocycles. The topological polar surface area (TPSA) is 51.0 Å². The van der Waals surface area contributed by atoms with E-state index in [0.29, 0.717) is 12.2 Å². The van der Waals surface area contributed by atoms with Crippen LogP contribution in [0.15, 0.2) is 60.9 Å². The quantitative estimate of drug-likeness (QED) is 0.726. The first-order chi connectivity index (χ1) is 11.6. The molecule has 122 valence electrons. The third-order valence-electron chi connectivity index (χ3n) is 3.75. The van der Waals surface area contributed by atoms with Crippen LogP contribution in [0.1, 0.15) is 27.3 Å². The molecule has 3 aromatic rings. The zero-order valence-electron chi connectivity index (χ0n) is 13.9. The molecule has 5 nitrogen and oxygen atoms in total. The molecule has 1 amide bonds. The third-order valence-corrected chi connectivity index (χ3v) is 3.75. The second-order valence-corrected chi connectivity index (χ2v) is 5.86. The van der Waals surface area contributed by atoms with Gasteiger partial charge >= 0.3 is 0 Å². The fraction of sp³-hybridized carbons (Fsp3) is 0.211. The van der Waals surface area contributed by atoms with Crippen molar-refractivity contribution in [3.05, 3.63) is 83.4 Å². The summed E-state index contributed by atoms with van der Waals surface area (Å²) in [4.78, 5) is 18.4. The van der Waals surface area contributed by atoms with Crippen molar-refractivity contribution in [3.8, 4) is 0 Å². The van der Waals surface area contributed by atoms with E-state index in [0.717, 1.165) is 17.8 Å². The van der Waals surface area contributed by atoms with Gasteiger partial charge in [0.15, 0.2) is 0 Å². The Morgan fingerprint density at radius 2 is 1.88 bits per heavy atom. The standard InChI is InChI=1S/C19H20N4O/c1-15-7-6-10-18(21-15)19(24)22(2)12-17-11-20-23(14-17)13-16-8-4-3-5-9-16/h3-11,14H,12-13H2,1-2H3. The molecule has 0 N–H and O–H groups in total. The van der Waals surface area contributed by atoms with Crippen LogP contribution in [-0.2, 0) is 13.1 Å². The molecule has 2 aromatic heterocycles. The highest BCUT2D eigenvalue weighted by Crippen LogP contribution is 2.09. The Bertz CT molecular complexity index is 826. The number of hydrogen-bond donors (Lipinski definition) is 0. The zero-order valence-corrected chi connectivity index (χ0v) is 13.9. The number of pyridine rings is 1. The first kappa shape index (κ1) is 15.9. The van der Waals surface area contributed by atoms with Crippen molar-refractivity contribution in [2.75, 3.05) is 7.05 Å². The number of aromatic nitrogens is 3. The van der Waals surface area contributed by atoms with Crippen LogP contribution in [0.4, 0.5) is 0 Å². The van der Waals surface area contributed by atoms with E-state index in [1.54, 1.807) is 24.2 Å². The average molecular weight is 320 g/mol. The fourth-order valence-corrected chi connectivity index (χ4v) is 2.55. The Labute approximate surface area is 141 Å². The van der Waals surface area contributed by atoms with E-state index in [1.165, 1.54) is 5.56 Å². The minimum absolute atomic E-state index is 0.0884. The van der Waals surface area contributed by atoms with Crippen LogP contribution < -0.4 is 0 Å². The van der Waals surface area contributed by atoms with Crippen molar-refractivity contribution < 1.29 is 4.79 Å². The van der Waals surface area contributed by atoms with Crippen LogP contribution in [-0.4, -0.2) is 32.6 Å². The molecule has 24 heavy (non-hydrogen) atoms. The summed E-state index contributed by atoms with van der Waals surface area (Å²) in [5.74, 6) is -0.0884. The lowest BCUT2D eigenvalue weighted by Crippen LogP contribution is -2.27. The van der Waals surface area contributed by atoms with Gasteiger partial charge in [-0.2, -0.15) is 5.10 Å². The summed E-state index contributed by atoms with van der Waals surface area (Å²) in [5.41, 5.74) is 3.49. The molecule has 0 spiro atoms. The number of aryl methyl sites for hydroxylation is 1. The van der Waals surface area contributed by atoms with Gasteiger partial charge in [-0.1, -0.05) is 36.4 Å². The number of rotatable bonds is 5. The molecule has 3 rings (SSSR count). The molecule has 5 heteroatoms. The van der Waals surface area contributed by atoms with Gasteiger partial charge in [-0.15, -0.1) is 0 Å². The number of carbonyl (C=O) groups excluding carboxylic acids is 1. The van der Waals surface area contributed by atoms with Gasteiger partial charge in [0.1, 0.15) is 5.69 Å². The molecule has 0 aliphatic rings. The van der Waals surface area contributed by atoms with Crippen LogP contribution >= 0.6 is 0 Å². The summed E-state index contributed by atoms with van der Waals surface area (Å²) in [6.07, 6.45) is 3.77. The van der Waals surface area contributed by atoms with E-state index < -0.39 is 0 Å². The van der Waals surface area contributed by atoms with E-state index in [9.17, 15) is 4.79 Å².